The molecule has 1 fully saturated rings. The maximum Gasteiger partial charge on any atom is 0.0783 e. The van der Waals surface area contributed by atoms with E-state index in [1.165, 1.54) is 6.42 Å². The fourth-order valence-electron chi connectivity index (χ4n) is 1.40. The van der Waals surface area contributed by atoms with Crippen molar-refractivity contribution in [3.05, 3.63) is 11.1 Å². The van der Waals surface area contributed by atoms with Gasteiger partial charge in [0.05, 0.1) is 12.2 Å². The highest BCUT2D eigenvalue weighted by atomic mass is 79.9. The number of piperidine rings is 1. The molecule has 0 spiro atoms. The maximum atomic E-state index is 5.72. The Bertz CT molecular complexity index is 164. The van der Waals surface area contributed by atoms with Crippen LogP contribution in [0.15, 0.2) is 11.1 Å². The van der Waals surface area contributed by atoms with Crippen LogP contribution in [0, 0.1) is 0 Å². The molecule has 1 saturated heterocycles. The fourth-order valence-corrected chi connectivity index (χ4v) is 1.52. The average molecular weight is 234 g/mol. The lowest BCUT2D eigenvalue weighted by molar-refractivity contribution is -0.0330. The minimum Gasteiger partial charge on any atom is -0.369 e. The van der Waals surface area contributed by atoms with E-state index in [0.717, 1.165) is 24.0 Å². The van der Waals surface area contributed by atoms with Gasteiger partial charge in [-0.1, -0.05) is 22.5 Å². The van der Waals surface area contributed by atoms with Gasteiger partial charge in [-0.25, -0.2) is 0 Å². The summed E-state index contributed by atoms with van der Waals surface area (Å²) in [4.78, 5) is 0. The first kappa shape index (κ1) is 10.2. The van der Waals surface area contributed by atoms with Crippen LogP contribution in [0.1, 0.15) is 19.8 Å². The molecule has 12 heavy (non-hydrogen) atoms. The van der Waals surface area contributed by atoms with Crippen LogP contribution >= 0.6 is 15.9 Å². The van der Waals surface area contributed by atoms with Gasteiger partial charge in [-0.15, -0.1) is 0 Å². The van der Waals surface area contributed by atoms with Crippen LogP contribution in [0.2, 0.25) is 0 Å². The predicted molar refractivity (Wildman–Crippen MR) is 54.5 cm³/mol. The first-order valence-electron chi connectivity index (χ1n) is 4.30. The van der Waals surface area contributed by atoms with E-state index in [1.54, 1.807) is 0 Å². The van der Waals surface area contributed by atoms with Crippen molar-refractivity contribution in [2.45, 2.75) is 25.4 Å². The van der Waals surface area contributed by atoms with Crippen molar-refractivity contribution < 1.29 is 4.74 Å². The normalized spacial score (nSPS) is 30.2. The van der Waals surface area contributed by atoms with Crippen molar-refractivity contribution in [2.75, 3.05) is 19.7 Å². The van der Waals surface area contributed by atoms with Crippen molar-refractivity contribution in [2.24, 2.45) is 0 Å². The van der Waals surface area contributed by atoms with Gasteiger partial charge in [0.15, 0.2) is 0 Å². The number of hydrogen-bond donors (Lipinski definition) is 1. The van der Waals surface area contributed by atoms with Crippen molar-refractivity contribution in [1.29, 1.82) is 0 Å². The Kier molecular flexibility index (Phi) is 3.75. The third-order valence-corrected chi connectivity index (χ3v) is 2.36. The molecule has 0 aromatic heterocycles. The highest BCUT2D eigenvalue weighted by molar-refractivity contribution is 9.11. The summed E-state index contributed by atoms with van der Waals surface area (Å²) < 4.78 is 6.63. The Balaban J connectivity index is 2.31. The molecule has 70 valence electrons. The topological polar surface area (TPSA) is 21.3 Å². The highest BCUT2D eigenvalue weighted by Gasteiger charge is 2.27. The molecule has 1 atom stereocenters. The molecule has 1 aliphatic heterocycles. The van der Waals surface area contributed by atoms with Gasteiger partial charge in [0.1, 0.15) is 0 Å². The van der Waals surface area contributed by atoms with Crippen LogP contribution in [0.5, 0.6) is 0 Å². The van der Waals surface area contributed by atoms with Gasteiger partial charge in [-0.3, -0.25) is 0 Å². The molecule has 1 N–H and O–H groups in total. The first-order chi connectivity index (χ1) is 5.62. The molecular weight excluding hydrogens is 218 g/mol. The van der Waals surface area contributed by atoms with Crippen LogP contribution < -0.4 is 5.32 Å². The van der Waals surface area contributed by atoms with Gasteiger partial charge in [-0.2, -0.15) is 0 Å². The summed E-state index contributed by atoms with van der Waals surface area (Å²) in [5.74, 6) is 0. The van der Waals surface area contributed by atoms with Crippen LogP contribution in [0.25, 0.3) is 0 Å². The second kappa shape index (κ2) is 4.40. The van der Waals surface area contributed by atoms with Gasteiger partial charge < -0.3 is 10.1 Å². The quantitative estimate of drug-likeness (QED) is 0.806. The second-order valence-corrected chi connectivity index (χ2v) is 4.66. The van der Waals surface area contributed by atoms with Crippen molar-refractivity contribution in [3.8, 4) is 0 Å². The lowest BCUT2D eigenvalue weighted by Gasteiger charge is -2.34. The average Bonchev–Trinajstić information content (AvgIpc) is 2.03. The minimum atomic E-state index is 0.00889. The van der Waals surface area contributed by atoms with Crippen molar-refractivity contribution >= 4 is 15.9 Å². The molecule has 1 heterocycles. The molecular formula is C9H16BrNO. The van der Waals surface area contributed by atoms with E-state index in [0.29, 0.717) is 6.61 Å². The number of nitrogens with one attached hydrogen (secondary N) is 1. The van der Waals surface area contributed by atoms with Gasteiger partial charge in [-0.05, 0) is 26.3 Å². The predicted octanol–water partition coefficient (Wildman–Crippen LogP) is 2.05. The maximum absolute atomic E-state index is 5.72. The van der Waals surface area contributed by atoms with E-state index in [1.807, 2.05) is 0 Å². The van der Waals surface area contributed by atoms with E-state index < -0.39 is 0 Å². The van der Waals surface area contributed by atoms with E-state index >= 15 is 0 Å². The highest BCUT2D eigenvalue weighted by Crippen LogP contribution is 2.21. The minimum absolute atomic E-state index is 0.00889. The Hall–Kier alpha value is 0.140. The summed E-state index contributed by atoms with van der Waals surface area (Å²) >= 11 is 3.29. The van der Waals surface area contributed by atoms with Gasteiger partial charge >= 0.3 is 0 Å². The van der Waals surface area contributed by atoms with E-state index in [-0.39, 0.29) is 5.60 Å². The zero-order chi connectivity index (χ0) is 9.03. The van der Waals surface area contributed by atoms with E-state index in [2.05, 4.69) is 34.7 Å². The number of ether oxygens (including phenoxy) is 1. The zero-order valence-electron chi connectivity index (χ0n) is 7.53. The molecule has 0 radical (unpaired) electrons. The summed E-state index contributed by atoms with van der Waals surface area (Å²) in [6, 6.07) is 0. The summed E-state index contributed by atoms with van der Waals surface area (Å²) in [6.45, 7) is 8.57. The monoisotopic (exact) mass is 233 g/mol. The molecule has 1 aliphatic rings. The SMILES string of the molecule is C=C(Br)COC1(C)CCCNC1. The number of rotatable bonds is 3. The molecule has 0 amide bonds. The number of hydrogen-bond acceptors (Lipinski definition) is 2. The van der Waals surface area contributed by atoms with Crippen LogP contribution in [0.4, 0.5) is 0 Å². The summed E-state index contributed by atoms with van der Waals surface area (Å²) in [5.41, 5.74) is 0.00889. The molecule has 1 unspecified atom stereocenters. The smallest absolute Gasteiger partial charge is 0.0783 e. The summed E-state index contributed by atoms with van der Waals surface area (Å²) in [7, 11) is 0. The lowest BCUT2D eigenvalue weighted by atomic mass is 9.96. The molecule has 0 bridgehead atoms. The Morgan fingerprint density at radius 3 is 3.00 bits per heavy atom. The Labute approximate surface area is 82.5 Å². The molecule has 0 aromatic rings. The van der Waals surface area contributed by atoms with E-state index in [9.17, 15) is 0 Å². The van der Waals surface area contributed by atoms with Gasteiger partial charge in [0.2, 0.25) is 0 Å². The molecule has 0 saturated carbocycles. The van der Waals surface area contributed by atoms with Gasteiger partial charge in [0, 0.05) is 11.0 Å². The van der Waals surface area contributed by atoms with Crippen LogP contribution in [-0.4, -0.2) is 25.3 Å². The molecule has 2 nitrogen and oxygen atoms in total. The van der Waals surface area contributed by atoms with E-state index in [4.69, 9.17) is 4.74 Å². The van der Waals surface area contributed by atoms with Crippen molar-refractivity contribution in [1.82, 2.24) is 5.32 Å². The Morgan fingerprint density at radius 1 is 1.75 bits per heavy atom. The molecule has 1 rings (SSSR count). The standard InChI is InChI=1S/C9H16BrNO/c1-8(10)6-12-9(2)4-3-5-11-7-9/h11H,1,3-7H2,2H3. The third-order valence-electron chi connectivity index (χ3n) is 2.14. The zero-order valence-corrected chi connectivity index (χ0v) is 9.11. The number of halogens is 1. The summed E-state index contributed by atoms with van der Waals surface area (Å²) in [5, 5.41) is 3.33. The van der Waals surface area contributed by atoms with Crippen molar-refractivity contribution in [3.63, 3.8) is 0 Å². The lowest BCUT2D eigenvalue weighted by Crippen LogP contribution is -2.45. The molecule has 3 heteroatoms. The Morgan fingerprint density at radius 2 is 2.50 bits per heavy atom. The van der Waals surface area contributed by atoms with Gasteiger partial charge in [0.25, 0.3) is 0 Å². The molecule has 0 aromatic carbocycles. The summed E-state index contributed by atoms with van der Waals surface area (Å²) in [6.07, 6.45) is 2.34. The van der Waals surface area contributed by atoms with Crippen LogP contribution in [0.3, 0.4) is 0 Å². The molecule has 0 aliphatic carbocycles. The first-order valence-corrected chi connectivity index (χ1v) is 5.10. The second-order valence-electron chi connectivity index (χ2n) is 3.54. The fraction of sp³-hybridized carbons (Fsp3) is 0.778. The largest absolute Gasteiger partial charge is 0.369 e. The van der Waals surface area contributed by atoms with Crippen LogP contribution in [-0.2, 0) is 4.74 Å². The third kappa shape index (κ3) is 3.25.